The first kappa shape index (κ1) is 18.5. The van der Waals surface area contributed by atoms with E-state index in [0.29, 0.717) is 17.9 Å². The van der Waals surface area contributed by atoms with Gasteiger partial charge in [-0.05, 0) is 38.5 Å². The van der Waals surface area contributed by atoms with Crippen LogP contribution in [-0.2, 0) is 16.1 Å². The number of hydrogen-bond donors (Lipinski definition) is 1. The second-order valence-electron chi connectivity index (χ2n) is 5.95. The number of carbonyl (C=O) groups excluding carboxylic acids is 2. The molecule has 5 heteroatoms. The highest BCUT2D eigenvalue weighted by Crippen LogP contribution is 2.21. The maximum atomic E-state index is 12.3. The number of nitrogens with one attached hydrogen (secondary N) is 1. The van der Waals surface area contributed by atoms with Gasteiger partial charge in [-0.3, -0.25) is 4.79 Å². The minimum atomic E-state index is -0.900. The van der Waals surface area contributed by atoms with E-state index < -0.39 is 12.1 Å². The SMILES string of the molecule is COc1ccc(C)cc1C(=O)O[C@H](C)C(=O)NCc1ccc(C)cc1. The maximum Gasteiger partial charge on any atom is 0.342 e. The van der Waals surface area contributed by atoms with Gasteiger partial charge >= 0.3 is 5.97 Å². The molecule has 0 aromatic heterocycles. The summed E-state index contributed by atoms with van der Waals surface area (Å²) in [4.78, 5) is 24.5. The van der Waals surface area contributed by atoms with Crippen LogP contribution >= 0.6 is 0 Å². The molecule has 0 saturated heterocycles. The van der Waals surface area contributed by atoms with Crippen LogP contribution in [0.3, 0.4) is 0 Å². The van der Waals surface area contributed by atoms with Gasteiger partial charge in [-0.25, -0.2) is 4.79 Å². The minimum absolute atomic E-state index is 0.306. The van der Waals surface area contributed by atoms with Gasteiger partial charge in [-0.2, -0.15) is 0 Å². The molecular formula is C20H23NO4. The third kappa shape index (κ3) is 5.08. The van der Waals surface area contributed by atoms with Crippen LogP contribution in [0, 0.1) is 13.8 Å². The molecule has 0 bridgehead atoms. The molecule has 2 aromatic carbocycles. The smallest absolute Gasteiger partial charge is 0.342 e. The summed E-state index contributed by atoms with van der Waals surface area (Å²) in [5.41, 5.74) is 3.35. The lowest BCUT2D eigenvalue weighted by Crippen LogP contribution is -2.35. The number of amides is 1. The Labute approximate surface area is 148 Å². The number of carbonyl (C=O) groups is 2. The van der Waals surface area contributed by atoms with Gasteiger partial charge < -0.3 is 14.8 Å². The molecule has 0 heterocycles. The topological polar surface area (TPSA) is 64.6 Å². The van der Waals surface area contributed by atoms with Crippen LogP contribution in [0.1, 0.15) is 34.0 Å². The molecular weight excluding hydrogens is 318 g/mol. The summed E-state index contributed by atoms with van der Waals surface area (Å²) in [6.45, 7) is 5.80. The van der Waals surface area contributed by atoms with Crippen molar-refractivity contribution in [1.82, 2.24) is 5.32 Å². The van der Waals surface area contributed by atoms with Crippen LogP contribution in [0.5, 0.6) is 5.75 Å². The summed E-state index contributed by atoms with van der Waals surface area (Å²) in [6, 6.07) is 13.1. The third-order valence-corrected chi connectivity index (χ3v) is 3.82. The molecule has 2 rings (SSSR count). The quantitative estimate of drug-likeness (QED) is 0.820. The van der Waals surface area contributed by atoms with Crippen LogP contribution in [0.25, 0.3) is 0 Å². The number of rotatable bonds is 6. The predicted molar refractivity (Wildman–Crippen MR) is 95.6 cm³/mol. The molecule has 0 aliphatic heterocycles. The zero-order valence-corrected chi connectivity index (χ0v) is 15.0. The van der Waals surface area contributed by atoms with Crippen molar-refractivity contribution in [2.75, 3.05) is 7.11 Å². The van der Waals surface area contributed by atoms with E-state index in [-0.39, 0.29) is 5.91 Å². The van der Waals surface area contributed by atoms with Crippen molar-refractivity contribution in [2.24, 2.45) is 0 Å². The molecule has 0 aliphatic rings. The van der Waals surface area contributed by atoms with Crippen LogP contribution < -0.4 is 10.1 Å². The molecule has 2 aromatic rings. The first-order valence-electron chi connectivity index (χ1n) is 8.09. The van der Waals surface area contributed by atoms with Gasteiger partial charge in [0.15, 0.2) is 6.10 Å². The fourth-order valence-electron chi connectivity index (χ4n) is 2.30. The molecule has 132 valence electrons. The van der Waals surface area contributed by atoms with Gasteiger partial charge in [0.25, 0.3) is 5.91 Å². The van der Waals surface area contributed by atoms with E-state index in [1.54, 1.807) is 19.1 Å². The van der Waals surface area contributed by atoms with Gasteiger partial charge in [0.1, 0.15) is 11.3 Å². The third-order valence-electron chi connectivity index (χ3n) is 3.82. The van der Waals surface area contributed by atoms with Crippen LogP contribution in [0.4, 0.5) is 0 Å². The predicted octanol–water partition coefficient (Wildman–Crippen LogP) is 3.17. The minimum Gasteiger partial charge on any atom is -0.496 e. The summed E-state index contributed by atoms with van der Waals surface area (Å²) in [5.74, 6) is -0.512. The normalized spacial score (nSPS) is 11.5. The van der Waals surface area contributed by atoms with Gasteiger partial charge in [-0.1, -0.05) is 41.5 Å². The number of ether oxygens (including phenoxy) is 2. The molecule has 1 atom stereocenters. The Hall–Kier alpha value is -2.82. The first-order chi connectivity index (χ1) is 11.9. The second-order valence-corrected chi connectivity index (χ2v) is 5.95. The Morgan fingerprint density at radius 3 is 2.32 bits per heavy atom. The average Bonchev–Trinajstić information content (AvgIpc) is 2.60. The highest BCUT2D eigenvalue weighted by molar-refractivity contribution is 5.94. The fourth-order valence-corrected chi connectivity index (χ4v) is 2.30. The standard InChI is InChI=1S/C20H23NO4/c1-13-5-8-16(9-6-13)12-21-19(22)15(3)25-20(23)17-11-14(2)7-10-18(17)24-4/h5-11,15H,12H2,1-4H3,(H,21,22)/t15-/m1/s1. The van der Waals surface area contributed by atoms with Crippen molar-refractivity contribution < 1.29 is 19.1 Å². The average molecular weight is 341 g/mol. The van der Waals surface area contributed by atoms with E-state index >= 15 is 0 Å². The summed E-state index contributed by atoms with van der Waals surface area (Å²) in [6.07, 6.45) is -0.900. The molecule has 25 heavy (non-hydrogen) atoms. The van der Waals surface area contributed by atoms with Gasteiger partial charge in [0.2, 0.25) is 0 Å². The molecule has 0 unspecified atom stereocenters. The van der Waals surface area contributed by atoms with E-state index in [1.165, 1.54) is 7.11 Å². The van der Waals surface area contributed by atoms with E-state index in [1.807, 2.05) is 44.2 Å². The molecule has 1 N–H and O–H groups in total. The Kier molecular flexibility index (Phi) is 6.17. The molecule has 5 nitrogen and oxygen atoms in total. The summed E-state index contributed by atoms with van der Waals surface area (Å²) in [7, 11) is 1.49. The number of benzene rings is 2. The molecule has 0 spiro atoms. The number of esters is 1. The van der Waals surface area contributed by atoms with Crippen molar-refractivity contribution in [3.8, 4) is 5.75 Å². The van der Waals surface area contributed by atoms with Gasteiger partial charge in [-0.15, -0.1) is 0 Å². The molecule has 0 radical (unpaired) electrons. The van der Waals surface area contributed by atoms with Crippen molar-refractivity contribution in [3.05, 3.63) is 64.7 Å². The number of aryl methyl sites for hydroxylation is 2. The molecule has 0 fully saturated rings. The largest absolute Gasteiger partial charge is 0.496 e. The Morgan fingerprint density at radius 2 is 1.68 bits per heavy atom. The monoisotopic (exact) mass is 341 g/mol. The Bertz CT molecular complexity index is 753. The van der Waals surface area contributed by atoms with Crippen LogP contribution in [0.15, 0.2) is 42.5 Å². The summed E-state index contributed by atoms with van der Waals surface area (Å²) < 4.78 is 10.4. The van der Waals surface area contributed by atoms with Crippen LogP contribution in [-0.4, -0.2) is 25.1 Å². The van der Waals surface area contributed by atoms with E-state index in [4.69, 9.17) is 9.47 Å². The Morgan fingerprint density at radius 1 is 1.04 bits per heavy atom. The molecule has 0 saturated carbocycles. The van der Waals surface area contributed by atoms with Gasteiger partial charge in [0, 0.05) is 6.54 Å². The van der Waals surface area contributed by atoms with Crippen molar-refractivity contribution in [2.45, 2.75) is 33.4 Å². The zero-order chi connectivity index (χ0) is 18.4. The maximum absolute atomic E-state index is 12.3. The van der Waals surface area contributed by atoms with E-state index in [2.05, 4.69) is 5.32 Å². The number of hydrogen-bond acceptors (Lipinski definition) is 4. The lowest BCUT2D eigenvalue weighted by molar-refractivity contribution is -0.129. The van der Waals surface area contributed by atoms with Gasteiger partial charge in [0.05, 0.1) is 7.11 Å². The Balaban J connectivity index is 1.95. The lowest BCUT2D eigenvalue weighted by Gasteiger charge is -2.15. The zero-order valence-electron chi connectivity index (χ0n) is 15.0. The van der Waals surface area contributed by atoms with Crippen molar-refractivity contribution >= 4 is 11.9 Å². The summed E-state index contributed by atoms with van der Waals surface area (Å²) >= 11 is 0. The van der Waals surface area contributed by atoms with Crippen molar-refractivity contribution in [1.29, 1.82) is 0 Å². The fraction of sp³-hybridized carbons (Fsp3) is 0.300. The first-order valence-corrected chi connectivity index (χ1v) is 8.09. The molecule has 1 amide bonds. The second kappa shape index (κ2) is 8.33. The number of methoxy groups -OCH3 is 1. The van der Waals surface area contributed by atoms with Crippen molar-refractivity contribution in [3.63, 3.8) is 0 Å². The van der Waals surface area contributed by atoms with Crippen LogP contribution in [0.2, 0.25) is 0 Å². The summed E-state index contributed by atoms with van der Waals surface area (Å²) in [5, 5.41) is 2.77. The van der Waals surface area contributed by atoms with E-state index in [9.17, 15) is 9.59 Å². The lowest BCUT2D eigenvalue weighted by atomic mass is 10.1. The van der Waals surface area contributed by atoms with E-state index in [0.717, 1.165) is 16.7 Å². The highest BCUT2D eigenvalue weighted by atomic mass is 16.5. The highest BCUT2D eigenvalue weighted by Gasteiger charge is 2.21. The molecule has 0 aliphatic carbocycles.